The molecule has 0 aliphatic rings. The summed E-state index contributed by atoms with van der Waals surface area (Å²) in [5.74, 6) is -0.412. The molecular weight excluding hydrogens is 498 g/mol. The predicted molar refractivity (Wildman–Crippen MR) is 152 cm³/mol. The van der Waals surface area contributed by atoms with Crippen molar-refractivity contribution in [3.63, 3.8) is 0 Å². The molecule has 7 nitrogen and oxygen atoms in total. The van der Waals surface area contributed by atoms with Crippen molar-refractivity contribution >= 4 is 27.5 Å². The lowest BCUT2D eigenvalue weighted by Crippen LogP contribution is -2.51. The first-order chi connectivity index (χ1) is 18.1. The summed E-state index contributed by atoms with van der Waals surface area (Å²) in [4.78, 5) is 28.7. The minimum Gasteiger partial charge on any atom is -0.352 e. The number of rotatable bonds is 13. The Balaban J connectivity index is 1.85. The summed E-state index contributed by atoms with van der Waals surface area (Å²) < 4.78 is 26.2. The van der Waals surface area contributed by atoms with Gasteiger partial charge in [-0.3, -0.25) is 13.9 Å². The molecule has 1 unspecified atom stereocenters. The first-order valence-corrected chi connectivity index (χ1v) is 14.7. The number of benzene rings is 3. The van der Waals surface area contributed by atoms with Gasteiger partial charge in [0.1, 0.15) is 6.04 Å². The van der Waals surface area contributed by atoms with E-state index < -0.39 is 16.1 Å². The Labute approximate surface area is 226 Å². The van der Waals surface area contributed by atoms with Crippen molar-refractivity contribution in [3.05, 3.63) is 102 Å². The van der Waals surface area contributed by atoms with Crippen molar-refractivity contribution in [2.45, 2.75) is 51.7 Å². The van der Waals surface area contributed by atoms with E-state index in [9.17, 15) is 18.0 Å². The van der Waals surface area contributed by atoms with Gasteiger partial charge in [-0.1, -0.05) is 78.9 Å². The van der Waals surface area contributed by atoms with Crippen LogP contribution in [0.2, 0.25) is 0 Å². The minimum atomic E-state index is -3.52. The van der Waals surface area contributed by atoms with Crippen LogP contribution in [0.1, 0.15) is 37.8 Å². The molecule has 0 saturated carbocycles. The number of anilines is 1. The van der Waals surface area contributed by atoms with Crippen molar-refractivity contribution in [2.24, 2.45) is 0 Å². The fourth-order valence-corrected chi connectivity index (χ4v) is 5.28. The molecule has 0 heterocycles. The molecule has 3 aromatic rings. The zero-order valence-electron chi connectivity index (χ0n) is 22.3. The van der Waals surface area contributed by atoms with E-state index in [4.69, 9.17) is 0 Å². The molecule has 0 saturated heterocycles. The van der Waals surface area contributed by atoms with Crippen LogP contribution in [0.3, 0.4) is 0 Å². The van der Waals surface area contributed by atoms with Gasteiger partial charge in [-0.05, 0) is 43.5 Å². The molecule has 0 spiro atoms. The standard InChI is InChI=1S/C30H37N3O4S/c1-24(2)31-30(35)28(22-25-14-7-4-8-15-25)32(23-26-16-9-5-10-17-26)29(34)20-13-21-33(38(3,36)37)27-18-11-6-12-19-27/h4-12,14-19,24,28H,13,20-23H2,1-3H3,(H,31,35). The Morgan fingerprint density at radius 1 is 0.816 bits per heavy atom. The van der Waals surface area contributed by atoms with Gasteiger partial charge in [-0.25, -0.2) is 8.42 Å². The van der Waals surface area contributed by atoms with E-state index in [0.717, 1.165) is 17.4 Å². The Hall–Kier alpha value is -3.65. The van der Waals surface area contributed by atoms with E-state index in [0.29, 0.717) is 18.5 Å². The fourth-order valence-electron chi connectivity index (χ4n) is 4.31. The molecule has 0 aromatic heterocycles. The molecule has 2 amide bonds. The lowest BCUT2D eigenvalue weighted by molar-refractivity contribution is -0.141. The maximum Gasteiger partial charge on any atom is 0.243 e. The number of carbonyl (C=O) groups excluding carboxylic acids is 2. The smallest absolute Gasteiger partial charge is 0.243 e. The summed E-state index contributed by atoms with van der Waals surface area (Å²) in [7, 11) is -3.52. The van der Waals surface area contributed by atoms with Crippen LogP contribution in [-0.4, -0.2) is 50.0 Å². The summed E-state index contributed by atoms with van der Waals surface area (Å²) in [5, 5.41) is 2.98. The van der Waals surface area contributed by atoms with Gasteiger partial charge in [-0.15, -0.1) is 0 Å². The highest BCUT2D eigenvalue weighted by molar-refractivity contribution is 7.92. The van der Waals surface area contributed by atoms with Crippen LogP contribution in [0.4, 0.5) is 5.69 Å². The summed E-state index contributed by atoms with van der Waals surface area (Å²) in [6.45, 7) is 4.22. The van der Waals surface area contributed by atoms with Crippen molar-refractivity contribution in [2.75, 3.05) is 17.1 Å². The van der Waals surface area contributed by atoms with Crippen LogP contribution in [-0.2, 0) is 32.6 Å². The predicted octanol–water partition coefficient (Wildman–Crippen LogP) is 4.40. The molecule has 0 radical (unpaired) electrons. The summed E-state index contributed by atoms with van der Waals surface area (Å²) in [5.41, 5.74) is 2.43. The lowest BCUT2D eigenvalue weighted by atomic mass is 10.0. The summed E-state index contributed by atoms with van der Waals surface area (Å²) >= 11 is 0. The second-order valence-electron chi connectivity index (χ2n) is 9.65. The second kappa shape index (κ2) is 13.8. The van der Waals surface area contributed by atoms with Crippen LogP contribution in [0.5, 0.6) is 0 Å². The van der Waals surface area contributed by atoms with E-state index in [1.807, 2.05) is 80.6 Å². The van der Waals surface area contributed by atoms with Crippen molar-refractivity contribution < 1.29 is 18.0 Å². The Morgan fingerprint density at radius 3 is 1.87 bits per heavy atom. The lowest BCUT2D eigenvalue weighted by Gasteiger charge is -2.32. The SMILES string of the molecule is CC(C)NC(=O)C(Cc1ccccc1)N(Cc1ccccc1)C(=O)CCCN(c1ccccc1)S(C)(=O)=O. The Kier molecular flexibility index (Phi) is 10.5. The first-order valence-electron chi connectivity index (χ1n) is 12.9. The number of nitrogens with one attached hydrogen (secondary N) is 1. The molecule has 8 heteroatoms. The molecule has 3 aromatic carbocycles. The van der Waals surface area contributed by atoms with Crippen LogP contribution in [0, 0.1) is 0 Å². The third kappa shape index (κ3) is 8.73. The second-order valence-corrected chi connectivity index (χ2v) is 11.6. The fraction of sp³-hybridized carbons (Fsp3) is 0.333. The van der Waals surface area contributed by atoms with Gasteiger partial charge in [0.2, 0.25) is 21.8 Å². The minimum absolute atomic E-state index is 0.0800. The monoisotopic (exact) mass is 535 g/mol. The van der Waals surface area contributed by atoms with E-state index in [1.54, 1.807) is 29.2 Å². The topological polar surface area (TPSA) is 86.8 Å². The number of hydrogen-bond acceptors (Lipinski definition) is 4. The molecule has 0 fully saturated rings. The molecular formula is C30H37N3O4S. The van der Waals surface area contributed by atoms with Gasteiger partial charge >= 0.3 is 0 Å². The number of carbonyl (C=O) groups is 2. The van der Waals surface area contributed by atoms with Crippen LogP contribution >= 0.6 is 0 Å². The van der Waals surface area contributed by atoms with Gasteiger partial charge in [0.25, 0.3) is 0 Å². The van der Waals surface area contributed by atoms with E-state index >= 15 is 0 Å². The van der Waals surface area contributed by atoms with Crippen molar-refractivity contribution in [1.82, 2.24) is 10.2 Å². The Bertz CT molecular complexity index is 1270. The first kappa shape index (κ1) is 28.9. The van der Waals surface area contributed by atoms with Crippen LogP contribution < -0.4 is 9.62 Å². The molecule has 3 rings (SSSR count). The van der Waals surface area contributed by atoms with E-state index in [1.165, 1.54) is 4.31 Å². The molecule has 0 bridgehead atoms. The summed E-state index contributed by atoms with van der Waals surface area (Å²) in [6.07, 6.45) is 1.95. The Morgan fingerprint density at radius 2 is 1.34 bits per heavy atom. The number of hydrogen-bond donors (Lipinski definition) is 1. The number of amides is 2. The average molecular weight is 536 g/mol. The van der Waals surface area contributed by atoms with Crippen LogP contribution in [0.15, 0.2) is 91.0 Å². The molecule has 0 aliphatic carbocycles. The normalized spacial score (nSPS) is 12.1. The molecule has 1 atom stereocenters. The number of para-hydroxylation sites is 1. The maximum absolute atomic E-state index is 13.7. The largest absolute Gasteiger partial charge is 0.352 e. The van der Waals surface area contributed by atoms with Gasteiger partial charge in [-0.2, -0.15) is 0 Å². The zero-order chi connectivity index (χ0) is 27.5. The third-order valence-electron chi connectivity index (χ3n) is 6.09. The highest BCUT2D eigenvalue weighted by Crippen LogP contribution is 2.20. The van der Waals surface area contributed by atoms with Gasteiger partial charge < -0.3 is 10.2 Å². The van der Waals surface area contributed by atoms with E-state index in [2.05, 4.69) is 5.32 Å². The molecule has 202 valence electrons. The summed E-state index contributed by atoms with van der Waals surface area (Å²) in [6, 6.07) is 27.3. The number of nitrogens with zero attached hydrogens (tertiary/aromatic N) is 2. The maximum atomic E-state index is 13.7. The van der Waals surface area contributed by atoms with Crippen molar-refractivity contribution in [1.29, 1.82) is 0 Å². The highest BCUT2D eigenvalue weighted by Gasteiger charge is 2.30. The average Bonchev–Trinajstić information content (AvgIpc) is 2.89. The van der Waals surface area contributed by atoms with Crippen LogP contribution in [0.25, 0.3) is 0 Å². The van der Waals surface area contributed by atoms with Gasteiger partial charge in [0.15, 0.2) is 0 Å². The van der Waals surface area contributed by atoms with Gasteiger partial charge in [0.05, 0.1) is 11.9 Å². The quantitative estimate of drug-likeness (QED) is 0.352. The number of sulfonamides is 1. The van der Waals surface area contributed by atoms with Crippen molar-refractivity contribution in [3.8, 4) is 0 Å². The molecule has 1 N–H and O–H groups in total. The van der Waals surface area contributed by atoms with Gasteiger partial charge in [0, 0.05) is 32.0 Å². The van der Waals surface area contributed by atoms with E-state index in [-0.39, 0.29) is 37.4 Å². The molecule has 38 heavy (non-hydrogen) atoms. The highest BCUT2D eigenvalue weighted by atomic mass is 32.2. The third-order valence-corrected chi connectivity index (χ3v) is 7.29. The zero-order valence-corrected chi connectivity index (χ0v) is 23.1. The molecule has 0 aliphatic heterocycles.